The van der Waals surface area contributed by atoms with Crippen molar-refractivity contribution in [3.05, 3.63) is 72.7 Å². The Kier molecular flexibility index (Phi) is 3.35. The van der Waals surface area contributed by atoms with Crippen molar-refractivity contribution in [3.63, 3.8) is 0 Å². The van der Waals surface area contributed by atoms with Crippen molar-refractivity contribution in [2.45, 2.75) is 13.3 Å². The maximum Gasteiger partial charge on any atom is 0.252 e. The first-order chi connectivity index (χ1) is 11.3. The smallest absolute Gasteiger partial charge is 0.220 e. The zero-order chi connectivity index (χ0) is 15.6. The topological polar surface area (TPSA) is 43.1 Å². The Balaban J connectivity index is 1.78. The SMILES string of the molecule is CCc1nc2nccc(-c3ccc(-c4ccccc4)cc3)n2n1. The van der Waals surface area contributed by atoms with Gasteiger partial charge in [-0.2, -0.15) is 9.50 Å². The van der Waals surface area contributed by atoms with Crippen LogP contribution in [0.2, 0.25) is 0 Å². The van der Waals surface area contributed by atoms with Crippen molar-refractivity contribution < 1.29 is 0 Å². The van der Waals surface area contributed by atoms with Gasteiger partial charge in [0, 0.05) is 18.2 Å². The molecule has 0 saturated heterocycles. The van der Waals surface area contributed by atoms with Gasteiger partial charge in [0.25, 0.3) is 5.78 Å². The molecule has 0 unspecified atom stereocenters. The number of aromatic nitrogens is 4. The minimum atomic E-state index is 0.645. The molecule has 2 aromatic carbocycles. The summed E-state index contributed by atoms with van der Waals surface area (Å²) in [5, 5.41) is 4.53. The summed E-state index contributed by atoms with van der Waals surface area (Å²) < 4.78 is 1.82. The van der Waals surface area contributed by atoms with Gasteiger partial charge < -0.3 is 0 Å². The van der Waals surface area contributed by atoms with Gasteiger partial charge in [0.1, 0.15) is 0 Å². The van der Waals surface area contributed by atoms with Crippen LogP contribution in [-0.4, -0.2) is 19.6 Å². The molecule has 4 heteroatoms. The van der Waals surface area contributed by atoms with Crippen LogP contribution in [0.4, 0.5) is 0 Å². The molecule has 23 heavy (non-hydrogen) atoms. The van der Waals surface area contributed by atoms with Crippen LogP contribution >= 0.6 is 0 Å². The number of nitrogens with zero attached hydrogens (tertiary/aromatic N) is 4. The first kappa shape index (κ1) is 13.6. The molecule has 0 fully saturated rings. The number of hydrogen-bond donors (Lipinski definition) is 0. The monoisotopic (exact) mass is 300 g/mol. The number of rotatable bonds is 3. The fourth-order valence-electron chi connectivity index (χ4n) is 2.67. The molecule has 2 aromatic heterocycles. The quantitative estimate of drug-likeness (QED) is 0.574. The Morgan fingerprint density at radius 3 is 2.26 bits per heavy atom. The Morgan fingerprint density at radius 1 is 0.826 bits per heavy atom. The van der Waals surface area contributed by atoms with Crippen LogP contribution in [0.15, 0.2) is 66.9 Å². The minimum Gasteiger partial charge on any atom is -0.220 e. The number of aryl methyl sites for hydroxylation is 1. The second-order valence-electron chi connectivity index (χ2n) is 5.37. The lowest BCUT2D eigenvalue weighted by Gasteiger charge is -2.06. The largest absolute Gasteiger partial charge is 0.252 e. The van der Waals surface area contributed by atoms with E-state index in [1.54, 1.807) is 6.20 Å². The van der Waals surface area contributed by atoms with Crippen molar-refractivity contribution in [2.24, 2.45) is 0 Å². The molecule has 0 aliphatic rings. The summed E-state index contributed by atoms with van der Waals surface area (Å²) in [6.07, 6.45) is 2.58. The zero-order valence-electron chi connectivity index (χ0n) is 12.8. The van der Waals surface area contributed by atoms with Gasteiger partial charge in [0.05, 0.1) is 5.69 Å². The van der Waals surface area contributed by atoms with Gasteiger partial charge in [-0.3, -0.25) is 0 Å². The van der Waals surface area contributed by atoms with E-state index in [1.807, 2.05) is 23.6 Å². The van der Waals surface area contributed by atoms with E-state index >= 15 is 0 Å². The van der Waals surface area contributed by atoms with E-state index in [0.29, 0.717) is 5.78 Å². The average Bonchev–Trinajstić information content (AvgIpc) is 3.06. The van der Waals surface area contributed by atoms with Crippen molar-refractivity contribution in [2.75, 3.05) is 0 Å². The highest BCUT2D eigenvalue weighted by Gasteiger charge is 2.09. The van der Waals surface area contributed by atoms with Crippen LogP contribution in [-0.2, 0) is 6.42 Å². The Hall–Kier alpha value is -3.01. The lowest BCUT2D eigenvalue weighted by atomic mass is 10.0. The molecule has 0 saturated carbocycles. The van der Waals surface area contributed by atoms with E-state index in [1.165, 1.54) is 11.1 Å². The van der Waals surface area contributed by atoms with Crippen LogP contribution in [0.1, 0.15) is 12.7 Å². The fraction of sp³-hybridized carbons (Fsp3) is 0.105. The lowest BCUT2D eigenvalue weighted by molar-refractivity contribution is 0.885. The van der Waals surface area contributed by atoms with Gasteiger partial charge in [-0.05, 0) is 17.2 Å². The zero-order valence-corrected chi connectivity index (χ0v) is 12.8. The van der Waals surface area contributed by atoms with Crippen LogP contribution in [0.5, 0.6) is 0 Å². The highest BCUT2D eigenvalue weighted by molar-refractivity contribution is 5.69. The summed E-state index contributed by atoms with van der Waals surface area (Å²) in [6, 6.07) is 20.8. The molecule has 0 N–H and O–H groups in total. The maximum atomic E-state index is 4.53. The highest BCUT2D eigenvalue weighted by Crippen LogP contribution is 2.24. The van der Waals surface area contributed by atoms with Gasteiger partial charge in [-0.1, -0.05) is 61.5 Å². The normalized spacial score (nSPS) is 11.0. The number of hydrogen-bond acceptors (Lipinski definition) is 3. The third-order valence-electron chi connectivity index (χ3n) is 3.89. The molecule has 112 valence electrons. The molecule has 0 amide bonds. The van der Waals surface area contributed by atoms with Crippen LogP contribution in [0.3, 0.4) is 0 Å². The van der Waals surface area contributed by atoms with Gasteiger partial charge in [0.2, 0.25) is 0 Å². The molecule has 4 rings (SSSR count). The number of benzene rings is 2. The van der Waals surface area contributed by atoms with Gasteiger partial charge in [0.15, 0.2) is 5.82 Å². The molecular weight excluding hydrogens is 284 g/mol. The molecule has 0 aliphatic heterocycles. The first-order valence-electron chi connectivity index (χ1n) is 7.71. The van der Waals surface area contributed by atoms with Crippen molar-refractivity contribution in [3.8, 4) is 22.4 Å². The summed E-state index contributed by atoms with van der Waals surface area (Å²) in [5.41, 5.74) is 4.52. The van der Waals surface area contributed by atoms with Crippen molar-refractivity contribution in [1.29, 1.82) is 0 Å². The first-order valence-corrected chi connectivity index (χ1v) is 7.71. The summed E-state index contributed by atoms with van der Waals surface area (Å²) in [4.78, 5) is 8.71. The Bertz CT molecular complexity index is 940. The predicted molar refractivity (Wildman–Crippen MR) is 91.0 cm³/mol. The maximum absolute atomic E-state index is 4.53. The summed E-state index contributed by atoms with van der Waals surface area (Å²) >= 11 is 0. The third kappa shape index (κ3) is 2.48. The minimum absolute atomic E-state index is 0.645. The molecule has 0 spiro atoms. The summed E-state index contributed by atoms with van der Waals surface area (Å²) in [5.74, 6) is 1.46. The van der Waals surface area contributed by atoms with E-state index < -0.39 is 0 Å². The Labute approximate surface area is 134 Å². The van der Waals surface area contributed by atoms with E-state index in [2.05, 4.69) is 63.6 Å². The van der Waals surface area contributed by atoms with Crippen molar-refractivity contribution >= 4 is 5.78 Å². The average molecular weight is 300 g/mol. The highest BCUT2D eigenvalue weighted by atomic mass is 15.3. The summed E-state index contributed by atoms with van der Waals surface area (Å²) in [6.45, 7) is 2.04. The molecule has 4 nitrogen and oxygen atoms in total. The second-order valence-corrected chi connectivity index (χ2v) is 5.37. The molecule has 4 aromatic rings. The van der Waals surface area contributed by atoms with E-state index in [4.69, 9.17) is 0 Å². The molecule has 0 aliphatic carbocycles. The van der Waals surface area contributed by atoms with E-state index in [-0.39, 0.29) is 0 Å². The Morgan fingerprint density at radius 2 is 1.52 bits per heavy atom. The van der Waals surface area contributed by atoms with Gasteiger partial charge in [-0.15, -0.1) is 5.10 Å². The van der Waals surface area contributed by atoms with Crippen LogP contribution < -0.4 is 0 Å². The van der Waals surface area contributed by atoms with E-state index in [0.717, 1.165) is 23.5 Å². The fourth-order valence-corrected chi connectivity index (χ4v) is 2.67. The second kappa shape index (κ2) is 5.65. The lowest BCUT2D eigenvalue weighted by Crippen LogP contribution is -1.96. The van der Waals surface area contributed by atoms with Gasteiger partial charge in [-0.25, -0.2) is 4.98 Å². The van der Waals surface area contributed by atoms with Crippen LogP contribution in [0, 0.1) is 0 Å². The predicted octanol–water partition coefficient (Wildman–Crippen LogP) is 4.02. The number of fused-ring (bicyclic) bond motifs is 1. The molecule has 0 atom stereocenters. The molecule has 2 heterocycles. The van der Waals surface area contributed by atoms with Crippen molar-refractivity contribution in [1.82, 2.24) is 19.6 Å². The van der Waals surface area contributed by atoms with Crippen LogP contribution in [0.25, 0.3) is 28.2 Å². The molecule has 0 radical (unpaired) electrons. The van der Waals surface area contributed by atoms with E-state index in [9.17, 15) is 0 Å². The standard InChI is InChI=1S/C19H16N4/c1-2-18-21-19-20-13-12-17(23(19)22-18)16-10-8-15(9-11-16)14-6-4-3-5-7-14/h3-13H,2H2,1H3. The van der Waals surface area contributed by atoms with Gasteiger partial charge >= 0.3 is 0 Å². The summed E-state index contributed by atoms with van der Waals surface area (Å²) in [7, 11) is 0. The molecular formula is C19H16N4. The third-order valence-corrected chi connectivity index (χ3v) is 3.89. The molecule has 0 bridgehead atoms.